The lowest BCUT2D eigenvalue weighted by atomic mass is 10.2. The van der Waals surface area contributed by atoms with Crippen LogP contribution in [0.2, 0.25) is 10.0 Å². The second-order valence-corrected chi connectivity index (χ2v) is 7.67. The van der Waals surface area contributed by atoms with Crippen molar-refractivity contribution >= 4 is 56.4 Å². The summed E-state index contributed by atoms with van der Waals surface area (Å²) in [5, 5.41) is 4.53. The maximum atomic E-state index is 12.4. The zero-order valence-corrected chi connectivity index (χ0v) is 16.3. The first kappa shape index (κ1) is 18.7. The fourth-order valence-electron chi connectivity index (χ4n) is 2.53. The van der Waals surface area contributed by atoms with Crippen LogP contribution in [0.3, 0.4) is 0 Å². The molecule has 0 bridgehead atoms. The molecule has 7 heteroatoms. The van der Waals surface area contributed by atoms with Crippen LogP contribution in [0.5, 0.6) is 0 Å². The van der Waals surface area contributed by atoms with Gasteiger partial charge in [-0.1, -0.05) is 53.5 Å². The number of fused-ring (bicyclic) bond motifs is 1. The molecular formula is C19H16Cl2N2O2S. The van der Waals surface area contributed by atoms with Gasteiger partial charge in [-0.3, -0.25) is 9.59 Å². The van der Waals surface area contributed by atoms with Crippen molar-refractivity contribution in [1.29, 1.82) is 0 Å². The van der Waals surface area contributed by atoms with Gasteiger partial charge in [-0.15, -0.1) is 11.3 Å². The summed E-state index contributed by atoms with van der Waals surface area (Å²) >= 11 is 13.6. The number of thiophene rings is 1. The van der Waals surface area contributed by atoms with Gasteiger partial charge in [0, 0.05) is 28.7 Å². The van der Waals surface area contributed by atoms with Gasteiger partial charge in [-0.2, -0.15) is 0 Å². The van der Waals surface area contributed by atoms with E-state index in [0.717, 1.165) is 15.6 Å². The molecular weight excluding hydrogens is 391 g/mol. The lowest BCUT2D eigenvalue weighted by Crippen LogP contribution is -2.37. The largest absolute Gasteiger partial charge is 0.342 e. The molecule has 0 aliphatic carbocycles. The Morgan fingerprint density at radius 3 is 2.62 bits per heavy atom. The van der Waals surface area contributed by atoms with E-state index in [0.29, 0.717) is 21.5 Å². The van der Waals surface area contributed by atoms with Crippen LogP contribution in [0.4, 0.5) is 0 Å². The minimum absolute atomic E-state index is 0.0968. The van der Waals surface area contributed by atoms with Gasteiger partial charge in [0.05, 0.1) is 11.6 Å². The average molecular weight is 407 g/mol. The number of amides is 2. The highest BCUT2D eigenvalue weighted by Crippen LogP contribution is 2.34. The Hall–Kier alpha value is -2.08. The molecule has 0 radical (unpaired) electrons. The summed E-state index contributed by atoms with van der Waals surface area (Å²) in [6.07, 6.45) is 0. The van der Waals surface area contributed by atoms with E-state index in [1.165, 1.54) is 11.3 Å². The van der Waals surface area contributed by atoms with Gasteiger partial charge in [0.1, 0.15) is 4.88 Å². The normalized spacial score (nSPS) is 10.7. The van der Waals surface area contributed by atoms with Crippen molar-refractivity contribution in [3.8, 4) is 0 Å². The Kier molecular flexibility index (Phi) is 5.81. The molecule has 0 aliphatic heterocycles. The Labute approximate surface area is 165 Å². The second kappa shape index (κ2) is 8.08. The Morgan fingerprint density at radius 1 is 1.12 bits per heavy atom. The number of hydrogen-bond acceptors (Lipinski definition) is 3. The predicted molar refractivity (Wildman–Crippen MR) is 107 cm³/mol. The molecule has 0 spiro atoms. The smallest absolute Gasteiger partial charge is 0.263 e. The first-order valence-corrected chi connectivity index (χ1v) is 9.46. The molecule has 0 atom stereocenters. The molecule has 1 aromatic heterocycles. The minimum atomic E-state index is -0.347. The van der Waals surface area contributed by atoms with Crippen molar-refractivity contribution in [2.75, 3.05) is 13.6 Å². The third-order valence-electron chi connectivity index (χ3n) is 3.88. The molecule has 3 aromatic rings. The number of halogens is 2. The first-order chi connectivity index (χ1) is 12.5. The third kappa shape index (κ3) is 4.18. The van der Waals surface area contributed by atoms with Crippen molar-refractivity contribution in [3.63, 3.8) is 0 Å². The van der Waals surface area contributed by atoms with E-state index in [-0.39, 0.29) is 18.4 Å². The SMILES string of the molecule is CN(Cc1cccc(Cl)c1)C(=O)CNC(=O)c1sc2ccccc2c1Cl. The van der Waals surface area contributed by atoms with E-state index < -0.39 is 0 Å². The number of likely N-dealkylation sites (N-methyl/N-ethyl adjacent to an activating group) is 1. The van der Waals surface area contributed by atoms with Crippen LogP contribution in [-0.4, -0.2) is 30.3 Å². The molecule has 134 valence electrons. The fraction of sp³-hybridized carbons (Fsp3) is 0.158. The Balaban J connectivity index is 1.61. The van der Waals surface area contributed by atoms with Crippen molar-refractivity contribution in [1.82, 2.24) is 10.2 Å². The number of carbonyl (C=O) groups is 2. The van der Waals surface area contributed by atoms with Gasteiger partial charge in [0.15, 0.2) is 0 Å². The van der Waals surface area contributed by atoms with Crippen LogP contribution < -0.4 is 5.32 Å². The molecule has 4 nitrogen and oxygen atoms in total. The zero-order chi connectivity index (χ0) is 18.7. The standard InChI is InChI=1S/C19H16Cl2N2O2S/c1-23(11-12-5-4-6-13(20)9-12)16(24)10-22-19(25)18-17(21)14-7-2-3-8-15(14)26-18/h2-9H,10-11H2,1H3,(H,22,25). The molecule has 1 heterocycles. The van der Waals surface area contributed by atoms with Gasteiger partial charge < -0.3 is 10.2 Å². The lowest BCUT2D eigenvalue weighted by Gasteiger charge is -2.17. The maximum Gasteiger partial charge on any atom is 0.263 e. The summed E-state index contributed by atoms with van der Waals surface area (Å²) < 4.78 is 0.937. The van der Waals surface area contributed by atoms with Crippen LogP contribution in [0.15, 0.2) is 48.5 Å². The van der Waals surface area contributed by atoms with Gasteiger partial charge in [-0.25, -0.2) is 0 Å². The highest BCUT2D eigenvalue weighted by atomic mass is 35.5. The number of rotatable bonds is 5. The Bertz CT molecular complexity index is 971. The number of nitrogens with one attached hydrogen (secondary N) is 1. The second-order valence-electron chi connectivity index (χ2n) is 5.80. The van der Waals surface area contributed by atoms with E-state index in [4.69, 9.17) is 23.2 Å². The molecule has 2 amide bonds. The van der Waals surface area contributed by atoms with Gasteiger partial charge in [-0.05, 0) is 23.8 Å². The summed E-state index contributed by atoms with van der Waals surface area (Å²) in [5.74, 6) is -0.545. The van der Waals surface area contributed by atoms with Gasteiger partial charge in [0.2, 0.25) is 5.91 Å². The Morgan fingerprint density at radius 2 is 1.88 bits per heavy atom. The fourth-order valence-corrected chi connectivity index (χ4v) is 4.17. The van der Waals surface area contributed by atoms with Crippen molar-refractivity contribution < 1.29 is 9.59 Å². The van der Waals surface area contributed by atoms with Crippen LogP contribution in [0.25, 0.3) is 10.1 Å². The highest BCUT2D eigenvalue weighted by molar-refractivity contribution is 7.21. The molecule has 3 rings (SSSR count). The van der Waals surface area contributed by atoms with Crippen LogP contribution in [-0.2, 0) is 11.3 Å². The lowest BCUT2D eigenvalue weighted by molar-refractivity contribution is -0.129. The van der Waals surface area contributed by atoms with Crippen molar-refractivity contribution in [2.24, 2.45) is 0 Å². The number of hydrogen-bond donors (Lipinski definition) is 1. The van der Waals surface area contributed by atoms with Crippen molar-refractivity contribution in [2.45, 2.75) is 6.54 Å². The third-order valence-corrected chi connectivity index (χ3v) is 5.79. The summed E-state index contributed by atoms with van der Waals surface area (Å²) in [5.41, 5.74) is 0.923. The first-order valence-electron chi connectivity index (χ1n) is 7.89. The molecule has 0 aliphatic rings. The molecule has 26 heavy (non-hydrogen) atoms. The maximum absolute atomic E-state index is 12.4. The van der Waals surface area contributed by atoms with E-state index in [9.17, 15) is 9.59 Å². The van der Waals surface area contributed by atoms with E-state index in [1.54, 1.807) is 24.1 Å². The summed E-state index contributed by atoms with van der Waals surface area (Å²) in [7, 11) is 1.68. The average Bonchev–Trinajstić information content (AvgIpc) is 2.96. The zero-order valence-electron chi connectivity index (χ0n) is 14.0. The molecule has 1 N–H and O–H groups in total. The quantitative estimate of drug-likeness (QED) is 0.672. The predicted octanol–water partition coefficient (Wildman–Crippen LogP) is 4.60. The number of nitrogens with zero attached hydrogens (tertiary/aromatic N) is 1. The van der Waals surface area contributed by atoms with Crippen LogP contribution in [0.1, 0.15) is 15.2 Å². The monoisotopic (exact) mass is 406 g/mol. The van der Waals surface area contributed by atoms with E-state index >= 15 is 0 Å². The van der Waals surface area contributed by atoms with Crippen molar-refractivity contribution in [3.05, 3.63) is 69.0 Å². The highest BCUT2D eigenvalue weighted by Gasteiger charge is 2.18. The van der Waals surface area contributed by atoms with Gasteiger partial charge in [0.25, 0.3) is 5.91 Å². The molecule has 0 saturated carbocycles. The van der Waals surface area contributed by atoms with E-state index in [1.807, 2.05) is 36.4 Å². The molecule has 0 fully saturated rings. The van der Waals surface area contributed by atoms with Crippen LogP contribution >= 0.6 is 34.5 Å². The summed E-state index contributed by atoms with van der Waals surface area (Å²) in [6, 6.07) is 14.9. The minimum Gasteiger partial charge on any atom is -0.342 e. The molecule has 2 aromatic carbocycles. The topological polar surface area (TPSA) is 49.4 Å². The molecule has 0 unspecified atom stereocenters. The van der Waals surface area contributed by atoms with Gasteiger partial charge >= 0.3 is 0 Å². The summed E-state index contributed by atoms with van der Waals surface area (Å²) in [6.45, 7) is 0.319. The summed E-state index contributed by atoms with van der Waals surface area (Å²) in [4.78, 5) is 26.6. The van der Waals surface area contributed by atoms with Crippen LogP contribution in [0, 0.1) is 0 Å². The molecule has 0 saturated heterocycles. The number of carbonyl (C=O) groups excluding carboxylic acids is 2. The number of benzene rings is 2. The van der Waals surface area contributed by atoms with E-state index in [2.05, 4.69) is 5.32 Å².